The summed E-state index contributed by atoms with van der Waals surface area (Å²) in [5, 5.41) is 11.8. The minimum Gasteiger partial charge on any atom is -0.384 e. The molecule has 0 heterocycles. The number of amides is 1. The smallest absolute Gasteiger partial charge is 0.227 e. The van der Waals surface area contributed by atoms with Gasteiger partial charge in [-0.05, 0) is 55.7 Å². The van der Waals surface area contributed by atoms with E-state index in [-0.39, 0.29) is 18.4 Å². The monoisotopic (exact) mass is 283 g/mol. The van der Waals surface area contributed by atoms with Crippen LogP contribution in [0.3, 0.4) is 0 Å². The zero-order valence-electron chi connectivity index (χ0n) is 12.4. The molecule has 21 heavy (non-hydrogen) atoms. The van der Waals surface area contributed by atoms with E-state index >= 15 is 0 Å². The van der Waals surface area contributed by atoms with Crippen molar-refractivity contribution in [2.75, 3.05) is 11.9 Å². The number of rotatable bonds is 2. The van der Waals surface area contributed by atoms with E-state index < -0.39 is 0 Å². The first kappa shape index (κ1) is 14.2. The van der Waals surface area contributed by atoms with Crippen LogP contribution in [-0.4, -0.2) is 17.6 Å². The number of nitrogens with one attached hydrogen (secondary N) is 1. The van der Waals surface area contributed by atoms with Gasteiger partial charge in [-0.15, -0.1) is 0 Å². The van der Waals surface area contributed by atoms with Crippen LogP contribution in [0, 0.1) is 36.5 Å². The number of aliphatic hydroxyl groups is 1. The molecule has 0 spiro atoms. The largest absolute Gasteiger partial charge is 0.384 e. The number of hydrogen-bond donors (Lipinski definition) is 2. The van der Waals surface area contributed by atoms with Gasteiger partial charge >= 0.3 is 0 Å². The summed E-state index contributed by atoms with van der Waals surface area (Å²) in [7, 11) is 0. The average molecular weight is 283 g/mol. The molecule has 2 N–H and O–H groups in total. The van der Waals surface area contributed by atoms with Crippen molar-refractivity contribution in [3.63, 3.8) is 0 Å². The Kier molecular flexibility index (Phi) is 3.98. The number of aliphatic hydroxyl groups excluding tert-OH is 1. The second-order valence-electron chi connectivity index (χ2n) is 6.26. The van der Waals surface area contributed by atoms with Gasteiger partial charge in [-0.25, -0.2) is 0 Å². The zero-order chi connectivity index (χ0) is 14.8. The standard InChI is InChI=1S/C18H21NO2/c1-12-4-5-13(3-2-8-20)11-17(12)19-18(21)16-10-14-6-7-15(16)9-14/h4-5,11,14-16,20H,6-10H2,1H3,(H,19,21). The number of anilines is 1. The predicted molar refractivity (Wildman–Crippen MR) is 82.7 cm³/mol. The van der Waals surface area contributed by atoms with Gasteiger partial charge in [-0.3, -0.25) is 4.79 Å². The van der Waals surface area contributed by atoms with Crippen molar-refractivity contribution in [3.8, 4) is 11.8 Å². The van der Waals surface area contributed by atoms with Crippen LogP contribution in [0.5, 0.6) is 0 Å². The number of fused-ring (bicyclic) bond motifs is 2. The van der Waals surface area contributed by atoms with Crippen LogP contribution in [0.25, 0.3) is 0 Å². The van der Waals surface area contributed by atoms with Crippen LogP contribution < -0.4 is 5.32 Å². The molecule has 3 heteroatoms. The summed E-state index contributed by atoms with van der Waals surface area (Å²) in [5.74, 6) is 7.23. The van der Waals surface area contributed by atoms with E-state index in [0.29, 0.717) is 5.92 Å². The van der Waals surface area contributed by atoms with Gasteiger partial charge in [-0.1, -0.05) is 24.3 Å². The third-order valence-corrected chi connectivity index (χ3v) is 4.88. The summed E-state index contributed by atoms with van der Waals surface area (Å²) in [5.41, 5.74) is 2.70. The Morgan fingerprint density at radius 1 is 1.38 bits per heavy atom. The fraction of sp³-hybridized carbons (Fsp3) is 0.500. The minimum absolute atomic E-state index is 0.152. The maximum atomic E-state index is 12.5. The molecular formula is C18H21NO2. The molecule has 3 rings (SSSR count). The quantitative estimate of drug-likeness (QED) is 0.820. The summed E-state index contributed by atoms with van der Waals surface area (Å²) < 4.78 is 0. The molecule has 1 aromatic carbocycles. The molecule has 2 saturated carbocycles. The van der Waals surface area contributed by atoms with Crippen LogP contribution in [0.15, 0.2) is 18.2 Å². The third-order valence-electron chi connectivity index (χ3n) is 4.88. The molecular weight excluding hydrogens is 262 g/mol. The summed E-state index contributed by atoms with van der Waals surface area (Å²) in [4.78, 5) is 12.5. The van der Waals surface area contributed by atoms with E-state index in [4.69, 9.17) is 5.11 Å². The van der Waals surface area contributed by atoms with Crippen LogP contribution in [0.1, 0.15) is 36.8 Å². The van der Waals surface area contributed by atoms with Crippen molar-refractivity contribution in [3.05, 3.63) is 29.3 Å². The molecule has 110 valence electrons. The van der Waals surface area contributed by atoms with E-state index in [1.807, 2.05) is 25.1 Å². The second kappa shape index (κ2) is 5.91. The van der Waals surface area contributed by atoms with Crippen molar-refractivity contribution < 1.29 is 9.90 Å². The second-order valence-corrected chi connectivity index (χ2v) is 6.26. The maximum absolute atomic E-state index is 12.5. The Labute approximate surface area is 125 Å². The molecule has 3 unspecified atom stereocenters. The molecule has 1 aromatic rings. The Bertz CT molecular complexity index is 611. The number of carbonyl (C=O) groups excluding carboxylic acids is 1. The van der Waals surface area contributed by atoms with Gasteiger partial charge < -0.3 is 10.4 Å². The Balaban J connectivity index is 1.73. The zero-order valence-corrected chi connectivity index (χ0v) is 12.4. The Morgan fingerprint density at radius 3 is 2.90 bits per heavy atom. The lowest BCUT2D eigenvalue weighted by molar-refractivity contribution is -0.121. The summed E-state index contributed by atoms with van der Waals surface area (Å²) in [6.45, 7) is 1.83. The van der Waals surface area contributed by atoms with Crippen molar-refractivity contribution in [1.29, 1.82) is 0 Å². The van der Waals surface area contributed by atoms with E-state index in [1.165, 1.54) is 19.3 Å². The first-order valence-electron chi connectivity index (χ1n) is 7.68. The first-order valence-corrected chi connectivity index (χ1v) is 7.68. The van der Waals surface area contributed by atoms with Crippen LogP contribution in [0.4, 0.5) is 5.69 Å². The molecule has 2 bridgehead atoms. The molecule has 3 atom stereocenters. The molecule has 2 fully saturated rings. The van der Waals surface area contributed by atoms with Crippen molar-refractivity contribution >= 4 is 11.6 Å². The van der Waals surface area contributed by atoms with E-state index in [9.17, 15) is 4.79 Å². The SMILES string of the molecule is Cc1ccc(C#CCO)cc1NC(=O)C1CC2CCC1C2. The van der Waals surface area contributed by atoms with Crippen LogP contribution >= 0.6 is 0 Å². The highest BCUT2D eigenvalue weighted by molar-refractivity contribution is 5.94. The highest BCUT2D eigenvalue weighted by Gasteiger charge is 2.43. The predicted octanol–water partition coefficient (Wildman–Crippen LogP) is 2.71. The third kappa shape index (κ3) is 2.96. The summed E-state index contributed by atoms with van der Waals surface area (Å²) in [6, 6.07) is 5.76. The van der Waals surface area contributed by atoms with Gasteiger partial charge in [0.25, 0.3) is 0 Å². The number of carbonyl (C=O) groups is 1. The van der Waals surface area contributed by atoms with E-state index in [1.54, 1.807) is 0 Å². The molecule has 2 aliphatic rings. The maximum Gasteiger partial charge on any atom is 0.227 e. The van der Waals surface area contributed by atoms with E-state index in [2.05, 4.69) is 17.2 Å². The van der Waals surface area contributed by atoms with Gasteiger partial charge in [0.1, 0.15) is 6.61 Å². The Morgan fingerprint density at radius 2 is 2.24 bits per heavy atom. The van der Waals surface area contributed by atoms with Crippen molar-refractivity contribution in [2.24, 2.45) is 17.8 Å². The van der Waals surface area contributed by atoms with Crippen molar-refractivity contribution in [1.82, 2.24) is 0 Å². The lowest BCUT2D eigenvalue weighted by atomic mass is 9.88. The lowest BCUT2D eigenvalue weighted by Crippen LogP contribution is -2.27. The molecule has 0 radical (unpaired) electrons. The van der Waals surface area contributed by atoms with Gasteiger partial charge in [0.05, 0.1) is 0 Å². The molecule has 3 nitrogen and oxygen atoms in total. The van der Waals surface area contributed by atoms with Gasteiger partial charge in [0.15, 0.2) is 0 Å². The molecule has 0 saturated heterocycles. The number of hydrogen-bond acceptors (Lipinski definition) is 2. The first-order chi connectivity index (χ1) is 10.2. The van der Waals surface area contributed by atoms with Crippen LogP contribution in [0.2, 0.25) is 0 Å². The molecule has 0 aromatic heterocycles. The fourth-order valence-corrected chi connectivity index (χ4v) is 3.77. The van der Waals surface area contributed by atoms with Crippen molar-refractivity contribution in [2.45, 2.75) is 32.6 Å². The highest BCUT2D eigenvalue weighted by atomic mass is 16.2. The van der Waals surface area contributed by atoms with Crippen LogP contribution in [-0.2, 0) is 4.79 Å². The topological polar surface area (TPSA) is 49.3 Å². The Hall–Kier alpha value is -1.79. The fourth-order valence-electron chi connectivity index (χ4n) is 3.77. The number of aryl methyl sites for hydroxylation is 1. The van der Waals surface area contributed by atoms with Gasteiger partial charge in [-0.2, -0.15) is 0 Å². The molecule has 1 amide bonds. The summed E-state index contributed by atoms with van der Waals surface area (Å²) >= 11 is 0. The molecule has 0 aliphatic heterocycles. The van der Waals surface area contributed by atoms with Gasteiger partial charge in [0.2, 0.25) is 5.91 Å². The lowest BCUT2D eigenvalue weighted by Gasteiger charge is -2.21. The summed E-state index contributed by atoms with van der Waals surface area (Å²) in [6.07, 6.45) is 4.81. The highest BCUT2D eigenvalue weighted by Crippen LogP contribution is 2.48. The minimum atomic E-state index is -0.152. The van der Waals surface area contributed by atoms with E-state index in [0.717, 1.165) is 29.2 Å². The average Bonchev–Trinajstić information content (AvgIpc) is 3.10. The number of benzene rings is 1. The normalized spacial score (nSPS) is 26.3. The molecule has 2 aliphatic carbocycles. The van der Waals surface area contributed by atoms with Gasteiger partial charge in [0, 0.05) is 17.2 Å².